The number of hydrogen-bond acceptors (Lipinski definition) is 8. The normalized spacial score (nSPS) is 14.3. The van der Waals surface area contributed by atoms with Crippen LogP contribution in [0.15, 0.2) is 24.3 Å². The predicted octanol–water partition coefficient (Wildman–Crippen LogP) is 4.14. The Morgan fingerprint density at radius 1 is 1.08 bits per heavy atom. The Bertz CT molecular complexity index is 1110. The number of anilines is 1. The number of carbonyl (C=O) groups is 4. The molecule has 0 fully saturated rings. The van der Waals surface area contributed by atoms with Crippen LogP contribution in [-0.4, -0.2) is 50.1 Å². The molecule has 0 bridgehead atoms. The predicted molar refractivity (Wildman–Crippen MR) is 140 cm³/mol. The van der Waals surface area contributed by atoms with Crippen LogP contribution in [0.1, 0.15) is 71.2 Å². The Morgan fingerprint density at radius 2 is 1.84 bits per heavy atom. The molecule has 0 unspecified atom stereocenters. The first-order valence-electron chi connectivity index (χ1n) is 12.6. The van der Waals surface area contributed by atoms with Gasteiger partial charge in [0.15, 0.2) is 6.61 Å². The average Bonchev–Trinajstić information content (AvgIpc) is 3.23. The van der Waals surface area contributed by atoms with Gasteiger partial charge in [0.25, 0.3) is 11.8 Å². The van der Waals surface area contributed by atoms with E-state index in [2.05, 4.69) is 24.5 Å². The first-order chi connectivity index (χ1) is 17.8. The zero-order chi connectivity index (χ0) is 26.8. The van der Waals surface area contributed by atoms with Crippen LogP contribution in [0.25, 0.3) is 0 Å². The molecule has 200 valence electrons. The van der Waals surface area contributed by atoms with Crippen LogP contribution in [-0.2, 0) is 31.9 Å². The number of rotatable bonds is 12. The molecule has 1 aliphatic rings. The summed E-state index contributed by atoms with van der Waals surface area (Å²) in [5.41, 5.74) is 1.69. The summed E-state index contributed by atoms with van der Waals surface area (Å²) in [5.74, 6) is -1.08. The molecule has 0 saturated carbocycles. The Morgan fingerprint density at radius 3 is 2.54 bits per heavy atom. The van der Waals surface area contributed by atoms with E-state index in [1.807, 2.05) is 0 Å². The third-order valence-electron chi connectivity index (χ3n) is 5.88. The van der Waals surface area contributed by atoms with Crippen molar-refractivity contribution in [2.24, 2.45) is 5.92 Å². The van der Waals surface area contributed by atoms with E-state index < -0.39 is 30.4 Å². The lowest BCUT2D eigenvalue weighted by Gasteiger charge is -2.18. The van der Waals surface area contributed by atoms with E-state index in [4.69, 9.17) is 14.2 Å². The van der Waals surface area contributed by atoms with E-state index in [0.717, 1.165) is 42.5 Å². The van der Waals surface area contributed by atoms with Gasteiger partial charge in [-0.05, 0) is 68.4 Å². The third-order valence-corrected chi connectivity index (χ3v) is 7.05. The van der Waals surface area contributed by atoms with Crippen LogP contribution in [0.4, 0.5) is 5.00 Å². The van der Waals surface area contributed by atoms with Crippen LogP contribution < -0.4 is 15.4 Å². The standard InChI is InChI=1S/C27H34N2O7S/c1-4-6-13-35-19-10-8-18(9-11-19)25(32)28-15-23(31)36-16-22(30)29-26-24(27(33)34-5-2)20-12-7-17(3)14-21(20)37-26/h8-11,17H,4-7,12-16H2,1-3H3,(H,28,32)(H,29,30)/t17-/m1/s1. The molecule has 9 nitrogen and oxygen atoms in total. The highest BCUT2D eigenvalue weighted by atomic mass is 32.1. The Kier molecular flexibility index (Phi) is 10.5. The second kappa shape index (κ2) is 13.8. The van der Waals surface area contributed by atoms with Gasteiger partial charge in [0, 0.05) is 10.4 Å². The molecule has 1 heterocycles. The minimum absolute atomic E-state index is 0.230. The molecule has 0 radical (unpaired) electrons. The molecule has 37 heavy (non-hydrogen) atoms. The van der Waals surface area contributed by atoms with Crippen molar-refractivity contribution in [3.05, 3.63) is 45.8 Å². The minimum Gasteiger partial charge on any atom is -0.494 e. The first-order valence-corrected chi connectivity index (χ1v) is 13.4. The molecule has 2 aromatic rings. The van der Waals surface area contributed by atoms with Crippen LogP contribution >= 0.6 is 11.3 Å². The van der Waals surface area contributed by atoms with E-state index in [1.54, 1.807) is 31.2 Å². The summed E-state index contributed by atoms with van der Waals surface area (Å²) in [6.07, 6.45) is 4.53. The maximum Gasteiger partial charge on any atom is 0.341 e. The third kappa shape index (κ3) is 8.04. The summed E-state index contributed by atoms with van der Waals surface area (Å²) in [7, 11) is 0. The van der Waals surface area contributed by atoms with E-state index in [-0.39, 0.29) is 13.2 Å². The smallest absolute Gasteiger partial charge is 0.341 e. The van der Waals surface area contributed by atoms with E-state index in [0.29, 0.717) is 34.4 Å². The molecule has 1 aliphatic carbocycles. The van der Waals surface area contributed by atoms with Gasteiger partial charge in [0.05, 0.1) is 18.8 Å². The number of benzene rings is 1. The molecule has 2 amide bonds. The molecule has 1 atom stereocenters. The highest BCUT2D eigenvalue weighted by molar-refractivity contribution is 7.17. The number of nitrogens with one attached hydrogen (secondary N) is 2. The van der Waals surface area contributed by atoms with Crippen molar-refractivity contribution in [3.63, 3.8) is 0 Å². The summed E-state index contributed by atoms with van der Waals surface area (Å²) in [4.78, 5) is 50.5. The average molecular weight is 531 g/mol. The van der Waals surface area contributed by atoms with Gasteiger partial charge < -0.3 is 24.8 Å². The molecule has 1 aromatic carbocycles. The number of ether oxygens (including phenoxy) is 3. The molecule has 2 N–H and O–H groups in total. The fourth-order valence-corrected chi connectivity index (χ4v) is 5.32. The van der Waals surface area contributed by atoms with E-state index >= 15 is 0 Å². The van der Waals surface area contributed by atoms with E-state index in [1.165, 1.54) is 11.3 Å². The number of fused-ring (bicyclic) bond motifs is 1. The second-order valence-electron chi connectivity index (χ2n) is 8.89. The number of thiophene rings is 1. The number of carbonyl (C=O) groups excluding carboxylic acids is 4. The van der Waals surface area contributed by atoms with E-state index in [9.17, 15) is 19.2 Å². The van der Waals surface area contributed by atoms with Crippen LogP contribution in [0.5, 0.6) is 5.75 Å². The lowest BCUT2D eigenvalue weighted by atomic mass is 9.88. The molecule has 0 spiro atoms. The van der Waals surface area contributed by atoms with Gasteiger partial charge >= 0.3 is 11.9 Å². The number of unbranched alkanes of at least 4 members (excludes halogenated alkanes) is 1. The van der Waals surface area contributed by atoms with Crippen LogP contribution in [0, 0.1) is 5.92 Å². The van der Waals surface area contributed by atoms with Crippen molar-refractivity contribution in [2.45, 2.75) is 52.9 Å². The SMILES string of the molecule is CCCCOc1ccc(C(=O)NCC(=O)OCC(=O)Nc2sc3c(c2C(=O)OCC)CC[C@@H](C)C3)cc1. The van der Waals surface area contributed by atoms with Crippen molar-refractivity contribution in [1.82, 2.24) is 5.32 Å². The highest BCUT2D eigenvalue weighted by Gasteiger charge is 2.29. The Balaban J connectivity index is 1.48. The molecule has 1 aromatic heterocycles. The second-order valence-corrected chi connectivity index (χ2v) is 10.00. The van der Waals surface area contributed by atoms with Crippen molar-refractivity contribution in [3.8, 4) is 5.75 Å². The maximum atomic E-state index is 12.6. The molecule has 3 rings (SSSR count). The Labute approximate surface area is 220 Å². The van der Waals surface area contributed by atoms with Crippen molar-refractivity contribution < 1.29 is 33.4 Å². The quantitative estimate of drug-likeness (QED) is 0.313. The molecule has 10 heteroatoms. The molecular formula is C27H34N2O7S. The van der Waals surface area contributed by atoms with Gasteiger partial charge in [-0.1, -0.05) is 20.3 Å². The van der Waals surface area contributed by atoms with Gasteiger partial charge in [-0.15, -0.1) is 11.3 Å². The van der Waals surface area contributed by atoms with Gasteiger partial charge in [0.1, 0.15) is 17.3 Å². The maximum absolute atomic E-state index is 12.6. The van der Waals surface area contributed by atoms with Gasteiger partial charge in [-0.25, -0.2) is 4.79 Å². The van der Waals surface area contributed by atoms with Gasteiger partial charge in [-0.3, -0.25) is 14.4 Å². The number of esters is 2. The summed E-state index contributed by atoms with van der Waals surface area (Å²) in [5, 5.41) is 5.58. The summed E-state index contributed by atoms with van der Waals surface area (Å²) in [6, 6.07) is 6.61. The van der Waals surface area contributed by atoms with Crippen molar-refractivity contribution in [2.75, 3.05) is 31.7 Å². The van der Waals surface area contributed by atoms with Crippen molar-refractivity contribution >= 4 is 40.1 Å². The zero-order valence-corrected chi connectivity index (χ0v) is 22.3. The van der Waals surface area contributed by atoms with Crippen LogP contribution in [0.3, 0.4) is 0 Å². The number of hydrogen-bond donors (Lipinski definition) is 2. The number of amides is 2. The Hall–Kier alpha value is -3.40. The monoisotopic (exact) mass is 530 g/mol. The largest absolute Gasteiger partial charge is 0.494 e. The molecule has 0 saturated heterocycles. The lowest BCUT2D eigenvalue weighted by Crippen LogP contribution is -2.32. The summed E-state index contributed by atoms with van der Waals surface area (Å²) < 4.78 is 15.8. The molecule has 0 aliphatic heterocycles. The lowest BCUT2D eigenvalue weighted by molar-refractivity contribution is -0.146. The minimum atomic E-state index is -0.757. The fraction of sp³-hybridized carbons (Fsp3) is 0.481. The molecular weight excluding hydrogens is 496 g/mol. The zero-order valence-electron chi connectivity index (χ0n) is 21.5. The van der Waals surface area contributed by atoms with Gasteiger partial charge in [0.2, 0.25) is 0 Å². The highest BCUT2D eigenvalue weighted by Crippen LogP contribution is 2.40. The summed E-state index contributed by atoms with van der Waals surface area (Å²) in [6.45, 7) is 5.87. The summed E-state index contributed by atoms with van der Waals surface area (Å²) >= 11 is 1.36. The topological polar surface area (TPSA) is 120 Å². The van der Waals surface area contributed by atoms with Crippen molar-refractivity contribution in [1.29, 1.82) is 0 Å². The van der Waals surface area contributed by atoms with Crippen LogP contribution in [0.2, 0.25) is 0 Å². The fourth-order valence-electron chi connectivity index (χ4n) is 3.91. The first kappa shape index (κ1) is 28.2. The van der Waals surface area contributed by atoms with Gasteiger partial charge in [-0.2, -0.15) is 0 Å².